The molecule has 172 valence electrons. The van der Waals surface area contributed by atoms with E-state index in [0.29, 0.717) is 28.3 Å². The summed E-state index contributed by atoms with van der Waals surface area (Å²) in [6, 6.07) is 12.0. The van der Waals surface area contributed by atoms with Crippen molar-refractivity contribution in [3.63, 3.8) is 0 Å². The first-order valence-corrected chi connectivity index (χ1v) is 11.7. The fraction of sp³-hybridized carbons (Fsp3) is 0.440. The van der Waals surface area contributed by atoms with Crippen LogP contribution in [-0.4, -0.2) is 34.7 Å². The van der Waals surface area contributed by atoms with Crippen LogP contribution in [0.2, 0.25) is 5.02 Å². The minimum atomic E-state index is -0.678. The van der Waals surface area contributed by atoms with E-state index in [1.165, 1.54) is 11.1 Å². The van der Waals surface area contributed by atoms with Crippen LogP contribution in [0.3, 0.4) is 0 Å². The Balaban J connectivity index is 1.79. The molecule has 2 N–H and O–H groups in total. The molecule has 0 bridgehead atoms. The van der Waals surface area contributed by atoms with Gasteiger partial charge in [0.2, 0.25) is 0 Å². The summed E-state index contributed by atoms with van der Waals surface area (Å²) in [7, 11) is 1.61. The number of methoxy groups -OCH3 is 1. The Morgan fingerprint density at radius 3 is 2.50 bits per heavy atom. The SMILES string of the molecule is COc1cc(Cl)c(C)cc1NC(=S)N(Cc1ccccc1C)CC1CCC(C(=O)O)CC1. The Labute approximate surface area is 200 Å². The minimum absolute atomic E-state index is 0.220. The van der Waals surface area contributed by atoms with Crippen LogP contribution in [0.1, 0.15) is 42.4 Å². The first-order chi connectivity index (χ1) is 15.3. The van der Waals surface area contributed by atoms with Crippen molar-refractivity contribution in [2.75, 3.05) is 19.0 Å². The molecule has 2 aromatic carbocycles. The molecule has 3 rings (SSSR count). The third-order valence-corrected chi connectivity index (χ3v) is 7.07. The zero-order valence-corrected chi connectivity index (χ0v) is 20.4. The highest BCUT2D eigenvalue weighted by molar-refractivity contribution is 7.80. The number of aryl methyl sites for hydroxylation is 2. The fourth-order valence-electron chi connectivity index (χ4n) is 4.24. The normalized spacial score (nSPS) is 18.1. The largest absolute Gasteiger partial charge is 0.495 e. The summed E-state index contributed by atoms with van der Waals surface area (Å²) in [6.45, 7) is 5.52. The predicted molar refractivity (Wildman–Crippen MR) is 134 cm³/mol. The number of carboxylic acids is 1. The van der Waals surface area contributed by atoms with E-state index in [2.05, 4.69) is 29.3 Å². The molecule has 0 saturated heterocycles. The number of thiocarbonyl (C=S) groups is 1. The molecular weight excluding hydrogens is 444 g/mol. The van der Waals surface area contributed by atoms with E-state index in [1.807, 2.05) is 25.1 Å². The van der Waals surface area contributed by atoms with Gasteiger partial charge in [-0.15, -0.1) is 0 Å². The van der Waals surface area contributed by atoms with Gasteiger partial charge in [0.25, 0.3) is 0 Å². The highest BCUT2D eigenvalue weighted by Gasteiger charge is 2.28. The Morgan fingerprint density at radius 1 is 1.19 bits per heavy atom. The Kier molecular flexibility index (Phi) is 8.38. The third kappa shape index (κ3) is 6.14. The zero-order valence-electron chi connectivity index (χ0n) is 18.9. The standard InChI is InChI=1S/C25H31ClN2O3S/c1-16-6-4-5-7-20(16)15-28(14-18-8-10-19(11-9-18)24(29)30)25(32)27-22-12-17(2)21(26)13-23(22)31-3/h4-7,12-13,18-19H,8-11,14-15H2,1-3H3,(H,27,32)(H,29,30). The molecule has 0 heterocycles. The molecule has 0 unspecified atom stereocenters. The molecule has 1 aliphatic carbocycles. The Bertz CT molecular complexity index is 974. The molecule has 1 aliphatic rings. The van der Waals surface area contributed by atoms with Gasteiger partial charge in [0.1, 0.15) is 5.75 Å². The van der Waals surface area contributed by atoms with Crippen molar-refractivity contribution in [2.45, 2.75) is 46.1 Å². The lowest BCUT2D eigenvalue weighted by atomic mass is 9.82. The maximum absolute atomic E-state index is 11.3. The van der Waals surface area contributed by atoms with E-state index in [-0.39, 0.29) is 5.92 Å². The van der Waals surface area contributed by atoms with Crippen LogP contribution in [0.4, 0.5) is 5.69 Å². The molecule has 32 heavy (non-hydrogen) atoms. The minimum Gasteiger partial charge on any atom is -0.495 e. The summed E-state index contributed by atoms with van der Waals surface area (Å²) in [5.41, 5.74) is 4.16. The van der Waals surface area contributed by atoms with Gasteiger partial charge in [-0.3, -0.25) is 4.79 Å². The lowest BCUT2D eigenvalue weighted by Gasteiger charge is -2.33. The van der Waals surface area contributed by atoms with Crippen molar-refractivity contribution < 1.29 is 14.6 Å². The van der Waals surface area contributed by atoms with Gasteiger partial charge in [0.15, 0.2) is 5.11 Å². The number of carboxylic acid groups (broad SMARTS) is 1. The highest BCUT2D eigenvalue weighted by atomic mass is 35.5. The maximum atomic E-state index is 11.3. The molecule has 2 aromatic rings. The number of rotatable bonds is 7. The second-order valence-electron chi connectivity index (χ2n) is 8.59. The third-order valence-electron chi connectivity index (χ3n) is 6.31. The topological polar surface area (TPSA) is 61.8 Å². The molecule has 0 amide bonds. The van der Waals surface area contributed by atoms with Crippen LogP contribution in [0.15, 0.2) is 36.4 Å². The predicted octanol–water partition coefficient (Wildman–Crippen LogP) is 6.06. The molecule has 0 spiro atoms. The van der Waals surface area contributed by atoms with Crippen LogP contribution >= 0.6 is 23.8 Å². The molecule has 0 aromatic heterocycles. The van der Waals surface area contributed by atoms with E-state index >= 15 is 0 Å². The number of benzene rings is 2. The number of hydrogen-bond donors (Lipinski definition) is 2. The summed E-state index contributed by atoms with van der Waals surface area (Å²) in [4.78, 5) is 13.5. The molecule has 5 nitrogen and oxygen atoms in total. The molecule has 0 radical (unpaired) electrons. The van der Waals surface area contributed by atoms with Crippen molar-refractivity contribution in [1.29, 1.82) is 0 Å². The monoisotopic (exact) mass is 474 g/mol. The van der Waals surface area contributed by atoms with Crippen LogP contribution in [-0.2, 0) is 11.3 Å². The van der Waals surface area contributed by atoms with E-state index in [1.54, 1.807) is 13.2 Å². The Hall–Kier alpha value is -2.31. The van der Waals surface area contributed by atoms with Gasteiger partial charge >= 0.3 is 5.97 Å². The zero-order chi connectivity index (χ0) is 23.3. The molecule has 0 atom stereocenters. The molecular formula is C25H31ClN2O3S. The van der Waals surface area contributed by atoms with Gasteiger partial charge in [-0.05, 0) is 80.4 Å². The number of halogens is 1. The van der Waals surface area contributed by atoms with Crippen molar-refractivity contribution in [3.05, 3.63) is 58.1 Å². The fourth-order valence-corrected chi connectivity index (χ4v) is 4.64. The smallest absolute Gasteiger partial charge is 0.306 e. The van der Waals surface area contributed by atoms with Crippen LogP contribution < -0.4 is 10.1 Å². The number of nitrogens with zero attached hydrogens (tertiary/aromatic N) is 1. The van der Waals surface area contributed by atoms with E-state index < -0.39 is 5.97 Å². The Morgan fingerprint density at radius 2 is 1.88 bits per heavy atom. The highest BCUT2D eigenvalue weighted by Crippen LogP contribution is 2.33. The van der Waals surface area contributed by atoms with Crippen LogP contribution in [0.5, 0.6) is 5.75 Å². The quantitative estimate of drug-likeness (QED) is 0.476. The number of hydrogen-bond acceptors (Lipinski definition) is 3. The number of nitrogens with one attached hydrogen (secondary N) is 1. The molecule has 1 saturated carbocycles. The average molecular weight is 475 g/mol. The molecule has 7 heteroatoms. The van der Waals surface area contributed by atoms with Gasteiger partial charge in [-0.2, -0.15) is 0 Å². The van der Waals surface area contributed by atoms with Crippen LogP contribution in [0, 0.1) is 25.7 Å². The summed E-state index contributed by atoms with van der Waals surface area (Å²) in [5, 5.41) is 13.9. The van der Waals surface area contributed by atoms with Crippen LogP contribution in [0.25, 0.3) is 0 Å². The number of ether oxygens (including phenoxy) is 1. The van der Waals surface area contributed by atoms with Crippen molar-refractivity contribution in [1.82, 2.24) is 4.90 Å². The molecule has 1 fully saturated rings. The first kappa shape index (κ1) is 24.3. The first-order valence-electron chi connectivity index (χ1n) is 11.0. The second-order valence-corrected chi connectivity index (χ2v) is 9.39. The van der Waals surface area contributed by atoms with E-state index in [9.17, 15) is 9.90 Å². The molecule has 0 aliphatic heterocycles. The second kappa shape index (κ2) is 11.0. The van der Waals surface area contributed by atoms with Crippen molar-refractivity contribution >= 4 is 40.6 Å². The number of carbonyl (C=O) groups is 1. The van der Waals surface area contributed by atoms with Gasteiger partial charge in [-0.25, -0.2) is 0 Å². The van der Waals surface area contributed by atoms with E-state index in [4.69, 9.17) is 28.6 Å². The summed E-state index contributed by atoms with van der Waals surface area (Å²) < 4.78 is 5.50. The van der Waals surface area contributed by atoms with Gasteiger partial charge in [0.05, 0.1) is 18.7 Å². The summed E-state index contributed by atoms with van der Waals surface area (Å²) >= 11 is 12.1. The van der Waals surface area contributed by atoms with Gasteiger partial charge in [-0.1, -0.05) is 35.9 Å². The van der Waals surface area contributed by atoms with Gasteiger partial charge < -0.3 is 20.1 Å². The van der Waals surface area contributed by atoms with Crippen molar-refractivity contribution in [2.24, 2.45) is 11.8 Å². The lowest BCUT2D eigenvalue weighted by Crippen LogP contribution is -2.39. The average Bonchev–Trinajstić information content (AvgIpc) is 2.77. The maximum Gasteiger partial charge on any atom is 0.306 e. The number of aliphatic carboxylic acids is 1. The number of anilines is 1. The van der Waals surface area contributed by atoms with Crippen molar-refractivity contribution in [3.8, 4) is 5.75 Å². The van der Waals surface area contributed by atoms with Gasteiger partial charge in [0, 0.05) is 24.2 Å². The van der Waals surface area contributed by atoms with E-state index in [0.717, 1.165) is 43.5 Å². The summed E-state index contributed by atoms with van der Waals surface area (Å²) in [6.07, 6.45) is 3.24. The summed E-state index contributed by atoms with van der Waals surface area (Å²) in [5.74, 6) is 0.147. The lowest BCUT2D eigenvalue weighted by molar-refractivity contribution is -0.143.